The Bertz CT molecular complexity index is 362. The van der Waals surface area contributed by atoms with Crippen molar-refractivity contribution in [3.8, 4) is 0 Å². The van der Waals surface area contributed by atoms with E-state index in [4.69, 9.17) is 17.8 Å². The number of hydrogen-bond acceptors (Lipinski definition) is 6. The lowest BCUT2D eigenvalue weighted by Gasteiger charge is -2.28. The van der Waals surface area contributed by atoms with Gasteiger partial charge < -0.3 is 18.6 Å². The highest BCUT2D eigenvalue weighted by Crippen LogP contribution is 2.17. The summed E-state index contributed by atoms with van der Waals surface area (Å²) in [7, 11) is -6.52. The minimum Gasteiger partial charge on any atom is -0.374 e. The molecule has 0 aromatic carbocycles. The maximum atomic E-state index is 10.9. The summed E-state index contributed by atoms with van der Waals surface area (Å²) in [6.45, 7) is 10.2. The molecule has 9 heteroatoms. The minimum atomic E-state index is -3.93. The van der Waals surface area contributed by atoms with E-state index in [1.54, 1.807) is 0 Å². The molecule has 0 amide bonds. The molecule has 0 heterocycles. The van der Waals surface area contributed by atoms with Gasteiger partial charge in [-0.2, -0.15) is 8.42 Å². The van der Waals surface area contributed by atoms with Gasteiger partial charge in [0.05, 0.1) is 5.25 Å². The van der Waals surface area contributed by atoms with Crippen LogP contribution in [-0.2, 0) is 23.4 Å². The van der Waals surface area contributed by atoms with Crippen LogP contribution in [0.15, 0.2) is 0 Å². The van der Waals surface area contributed by atoms with Gasteiger partial charge in [0.15, 0.2) is 0 Å². The van der Waals surface area contributed by atoms with Crippen molar-refractivity contribution in [2.75, 3.05) is 32.9 Å². The van der Waals surface area contributed by atoms with Crippen LogP contribution in [0.1, 0.15) is 40.5 Å². The van der Waals surface area contributed by atoms with Crippen molar-refractivity contribution in [2.24, 2.45) is 0 Å². The van der Waals surface area contributed by atoms with Crippen molar-refractivity contribution in [3.05, 3.63) is 0 Å². The topological polar surface area (TPSA) is 94.1 Å². The van der Waals surface area contributed by atoms with Crippen molar-refractivity contribution in [3.63, 3.8) is 0 Å². The third-order valence-corrected chi connectivity index (χ3v) is 7.57. The van der Waals surface area contributed by atoms with Gasteiger partial charge in [0.1, 0.15) is 0 Å². The highest BCUT2D eigenvalue weighted by Gasteiger charge is 2.39. The first-order valence-electron chi connectivity index (χ1n) is 7.90. The lowest BCUT2D eigenvalue weighted by Crippen LogP contribution is -2.46. The summed E-state index contributed by atoms with van der Waals surface area (Å²) in [5.74, 6) is 0. The van der Waals surface area contributed by atoms with Gasteiger partial charge in [-0.25, -0.2) is 0 Å². The zero-order valence-electron chi connectivity index (χ0n) is 14.1. The summed E-state index contributed by atoms with van der Waals surface area (Å²) in [4.78, 5) is 0. The molecule has 0 spiro atoms. The summed E-state index contributed by atoms with van der Waals surface area (Å²) in [6, 6.07) is 0.726. The fourth-order valence-electron chi connectivity index (χ4n) is 2.01. The second kappa shape index (κ2) is 11.5. The van der Waals surface area contributed by atoms with Crippen LogP contribution in [0.2, 0.25) is 6.04 Å². The van der Waals surface area contributed by atoms with E-state index >= 15 is 0 Å². The highest BCUT2D eigenvalue weighted by atomic mass is 32.2. The standard InChI is InChI=1S/C13H31NO6SSi/c1-5-18-22(19-6-2,20-7-3)12-8-10-14-11-9-13(4)21(15,16)17/h13-14H,5-12H2,1-4H3,(H,15,16,17). The van der Waals surface area contributed by atoms with E-state index in [-0.39, 0.29) is 0 Å². The number of nitrogens with one attached hydrogen (secondary N) is 1. The molecule has 1 atom stereocenters. The van der Waals surface area contributed by atoms with Crippen LogP contribution in [-0.4, -0.2) is 59.9 Å². The van der Waals surface area contributed by atoms with Crippen LogP contribution in [0.3, 0.4) is 0 Å². The van der Waals surface area contributed by atoms with Crippen molar-refractivity contribution >= 4 is 18.9 Å². The fraction of sp³-hybridized carbons (Fsp3) is 1.00. The first-order valence-corrected chi connectivity index (χ1v) is 11.3. The molecule has 22 heavy (non-hydrogen) atoms. The molecule has 0 saturated heterocycles. The molecule has 0 saturated carbocycles. The third kappa shape index (κ3) is 9.18. The lowest BCUT2D eigenvalue weighted by atomic mass is 10.3. The van der Waals surface area contributed by atoms with E-state index < -0.39 is 24.2 Å². The molecule has 0 fully saturated rings. The largest absolute Gasteiger partial charge is 0.500 e. The van der Waals surface area contributed by atoms with Gasteiger partial charge in [-0.3, -0.25) is 4.55 Å². The maximum absolute atomic E-state index is 10.9. The number of hydrogen-bond donors (Lipinski definition) is 2. The molecule has 0 aliphatic rings. The van der Waals surface area contributed by atoms with Gasteiger partial charge in [-0.15, -0.1) is 0 Å². The summed E-state index contributed by atoms with van der Waals surface area (Å²) in [5.41, 5.74) is 0. The van der Waals surface area contributed by atoms with Crippen LogP contribution < -0.4 is 5.32 Å². The predicted molar refractivity (Wildman–Crippen MR) is 88.6 cm³/mol. The average Bonchev–Trinajstić information content (AvgIpc) is 2.42. The predicted octanol–water partition coefficient (Wildman–Crippen LogP) is 1.68. The molecule has 2 N–H and O–H groups in total. The second-order valence-electron chi connectivity index (χ2n) is 4.95. The molecule has 0 radical (unpaired) electrons. The molecular formula is C13H31NO6SSi. The Labute approximate surface area is 135 Å². The number of rotatable bonds is 14. The molecule has 1 unspecified atom stereocenters. The monoisotopic (exact) mass is 357 g/mol. The SMILES string of the molecule is CCO[Si](CCCNCCC(C)S(=O)(=O)O)(OCC)OCC. The third-order valence-electron chi connectivity index (χ3n) is 3.17. The molecule has 0 rings (SSSR count). The van der Waals surface area contributed by atoms with Gasteiger partial charge in [0, 0.05) is 25.9 Å². The molecular weight excluding hydrogens is 326 g/mol. The molecule has 0 aromatic rings. The van der Waals surface area contributed by atoms with E-state index in [9.17, 15) is 8.42 Å². The van der Waals surface area contributed by atoms with E-state index in [2.05, 4.69) is 5.32 Å². The van der Waals surface area contributed by atoms with Crippen LogP contribution in [0, 0.1) is 0 Å². The lowest BCUT2D eigenvalue weighted by molar-refractivity contribution is 0.0708. The normalized spacial score (nSPS) is 14.2. The van der Waals surface area contributed by atoms with Gasteiger partial charge in [-0.05, 0) is 53.6 Å². The summed E-state index contributed by atoms with van der Waals surface area (Å²) < 4.78 is 47.9. The Hall–Kier alpha value is -0.0331. The van der Waals surface area contributed by atoms with Gasteiger partial charge in [0.25, 0.3) is 10.1 Å². The Morgan fingerprint density at radius 2 is 1.55 bits per heavy atom. The van der Waals surface area contributed by atoms with Gasteiger partial charge in [-0.1, -0.05) is 0 Å². The quantitative estimate of drug-likeness (QED) is 0.277. The Kier molecular flexibility index (Phi) is 11.5. The molecule has 0 aromatic heterocycles. The highest BCUT2D eigenvalue weighted by molar-refractivity contribution is 7.86. The van der Waals surface area contributed by atoms with E-state index in [1.165, 1.54) is 6.92 Å². The molecule has 134 valence electrons. The Morgan fingerprint density at radius 1 is 1.05 bits per heavy atom. The first-order chi connectivity index (χ1) is 10.3. The Morgan fingerprint density at radius 3 is 1.95 bits per heavy atom. The zero-order chi connectivity index (χ0) is 17.1. The van der Waals surface area contributed by atoms with Crippen molar-refractivity contribution in [2.45, 2.75) is 51.8 Å². The minimum absolute atomic E-state index is 0.379. The van der Waals surface area contributed by atoms with Crippen molar-refractivity contribution in [1.29, 1.82) is 0 Å². The molecule has 0 aliphatic heterocycles. The Balaban J connectivity index is 4.07. The molecule has 0 bridgehead atoms. The maximum Gasteiger partial charge on any atom is 0.500 e. The summed E-state index contributed by atoms with van der Waals surface area (Å²) >= 11 is 0. The van der Waals surface area contributed by atoms with Crippen LogP contribution in [0.5, 0.6) is 0 Å². The fourth-order valence-corrected chi connectivity index (χ4v) is 5.04. The summed E-state index contributed by atoms with van der Waals surface area (Å²) in [5, 5.41) is 2.42. The van der Waals surface area contributed by atoms with Crippen molar-refractivity contribution < 1.29 is 26.2 Å². The van der Waals surface area contributed by atoms with Crippen molar-refractivity contribution in [1.82, 2.24) is 5.32 Å². The zero-order valence-corrected chi connectivity index (χ0v) is 15.9. The smallest absolute Gasteiger partial charge is 0.374 e. The van der Waals surface area contributed by atoms with Crippen LogP contribution in [0.25, 0.3) is 0 Å². The second-order valence-corrected chi connectivity index (χ2v) is 9.52. The van der Waals surface area contributed by atoms with Gasteiger partial charge >= 0.3 is 8.80 Å². The van der Waals surface area contributed by atoms with E-state index in [0.29, 0.717) is 32.8 Å². The molecule has 7 nitrogen and oxygen atoms in total. The summed E-state index contributed by atoms with van der Waals surface area (Å²) in [6.07, 6.45) is 1.20. The van der Waals surface area contributed by atoms with Crippen LogP contribution >= 0.6 is 0 Å². The van der Waals surface area contributed by atoms with E-state index in [0.717, 1.165) is 19.0 Å². The van der Waals surface area contributed by atoms with Gasteiger partial charge in [0.2, 0.25) is 0 Å². The molecule has 0 aliphatic carbocycles. The average molecular weight is 358 g/mol. The van der Waals surface area contributed by atoms with E-state index in [1.807, 2.05) is 20.8 Å². The van der Waals surface area contributed by atoms with Crippen LogP contribution in [0.4, 0.5) is 0 Å². The first kappa shape index (κ1) is 22.0.